The highest BCUT2D eigenvalue weighted by molar-refractivity contribution is 6.70. The molecule has 6 rings (SSSR count). The molecule has 1 aromatic carbocycles. The van der Waals surface area contributed by atoms with Crippen molar-refractivity contribution in [2.75, 3.05) is 9.91 Å². The number of rotatable bonds is 2. The van der Waals surface area contributed by atoms with Crippen LogP contribution in [0, 0.1) is 0 Å². The molecule has 5 heterocycles. The van der Waals surface area contributed by atoms with Crippen molar-refractivity contribution in [3.8, 4) is 0 Å². The van der Waals surface area contributed by atoms with E-state index in [9.17, 15) is 0 Å². The largest absolute Gasteiger partial charge is 0.450 e. The van der Waals surface area contributed by atoms with Gasteiger partial charge in [-0.15, -0.1) is 0 Å². The summed E-state index contributed by atoms with van der Waals surface area (Å²) < 4.78 is 6.23. The second-order valence-corrected chi connectivity index (χ2v) is 8.72. The van der Waals surface area contributed by atoms with Crippen molar-refractivity contribution in [3.63, 3.8) is 0 Å². The summed E-state index contributed by atoms with van der Waals surface area (Å²) in [4.78, 5) is 18.4. The van der Waals surface area contributed by atoms with Gasteiger partial charge >= 0.3 is 6.85 Å². The molecule has 4 aromatic rings. The topological polar surface area (TPSA) is 61.5 Å². The molecule has 0 radical (unpaired) electrons. The van der Waals surface area contributed by atoms with Crippen LogP contribution < -0.4 is 15.6 Å². The molecule has 32 heavy (non-hydrogen) atoms. The van der Waals surface area contributed by atoms with E-state index in [0.717, 1.165) is 39.6 Å². The summed E-state index contributed by atoms with van der Waals surface area (Å²) in [5, 5.41) is 3.28. The highest BCUT2D eigenvalue weighted by Gasteiger charge is 2.51. The molecule has 0 atom stereocenters. The van der Waals surface area contributed by atoms with Gasteiger partial charge in [0.2, 0.25) is 5.71 Å². The number of hydrogen-bond acceptors (Lipinski definition) is 7. The van der Waals surface area contributed by atoms with E-state index in [1.807, 2.05) is 24.3 Å². The lowest BCUT2D eigenvalue weighted by Gasteiger charge is -2.48. The predicted octanol–water partition coefficient (Wildman–Crippen LogP) is 4.43. The summed E-state index contributed by atoms with van der Waals surface area (Å²) in [6, 6.07) is 14.3. The van der Waals surface area contributed by atoms with Crippen molar-refractivity contribution in [3.05, 3.63) is 72.3 Å². The minimum Gasteiger partial charge on any atom is -0.450 e. The third kappa shape index (κ3) is 2.46. The van der Waals surface area contributed by atoms with Crippen LogP contribution in [0.4, 0.5) is 17.3 Å². The molecule has 158 valence electrons. The van der Waals surface area contributed by atoms with E-state index in [2.05, 4.69) is 71.7 Å². The standard InChI is InChI=1S/C24H23BN6O/c1-16-15-19-18-11-8-12-28-23(18)32-20(19)25(4)31(16)30-22-21(26-13-14-27-22)29(24(30,2)3)17-9-6-5-7-10-17/h5-15H,1-4H3. The maximum absolute atomic E-state index is 6.23. The lowest BCUT2D eigenvalue weighted by molar-refractivity contribution is 0.349. The normalized spacial score (nSPS) is 16.9. The number of pyridine rings is 1. The number of anilines is 3. The van der Waals surface area contributed by atoms with Crippen molar-refractivity contribution in [1.29, 1.82) is 0 Å². The van der Waals surface area contributed by atoms with Crippen LogP contribution in [0.1, 0.15) is 26.3 Å². The summed E-state index contributed by atoms with van der Waals surface area (Å²) in [5.41, 5.74) is 4.39. The van der Waals surface area contributed by atoms with Crippen LogP contribution in [-0.2, 0) is 0 Å². The van der Waals surface area contributed by atoms with Crippen LogP contribution in [0.15, 0.2) is 71.2 Å². The van der Waals surface area contributed by atoms with Gasteiger partial charge in [0.25, 0.3) is 0 Å². The molecule has 0 saturated heterocycles. The SMILES string of the molecule is CB1c2oc3ncccc3c2C=C(C)N1N1c2nccnc2N(c2ccccc2)C1(C)C. The Labute approximate surface area is 187 Å². The number of allylic oxidation sites excluding steroid dienone is 1. The van der Waals surface area contributed by atoms with Crippen LogP contribution in [0.25, 0.3) is 17.2 Å². The fourth-order valence-electron chi connectivity index (χ4n) is 5.08. The Kier molecular flexibility index (Phi) is 3.90. The molecule has 0 bridgehead atoms. The van der Waals surface area contributed by atoms with Gasteiger partial charge in [0.1, 0.15) is 11.3 Å². The summed E-state index contributed by atoms with van der Waals surface area (Å²) in [7, 11) is 0. The van der Waals surface area contributed by atoms with E-state index < -0.39 is 5.66 Å². The summed E-state index contributed by atoms with van der Waals surface area (Å²) in [6.07, 6.45) is 7.45. The van der Waals surface area contributed by atoms with Gasteiger partial charge in [0.05, 0.1) is 0 Å². The monoisotopic (exact) mass is 422 g/mol. The van der Waals surface area contributed by atoms with E-state index in [-0.39, 0.29) is 6.85 Å². The first kappa shape index (κ1) is 18.9. The molecule has 3 aromatic heterocycles. The van der Waals surface area contributed by atoms with Gasteiger partial charge in [-0.1, -0.05) is 25.0 Å². The summed E-state index contributed by atoms with van der Waals surface area (Å²) in [6.45, 7) is 8.63. The fourth-order valence-corrected chi connectivity index (χ4v) is 5.08. The van der Waals surface area contributed by atoms with Crippen LogP contribution in [-0.4, -0.2) is 32.4 Å². The third-order valence-corrected chi connectivity index (χ3v) is 6.36. The molecule has 0 saturated carbocycles. The highest BCUT2D eigenvalue weighted by atomic mass is 16.3. The molecule has 7 nitrogen and oxygen atoms in total. The van der Waals surface area contributed by atoms with Gasteiger partial charge in [-0.05, 0) is 51.1 Å². The number of benzene rings is 1. The Hall–Kier alpha value is -3.81. The second kappa shape index (κ2) is 6.59. The van der Waals surface area contributed by atoms with E-state index in [1.54, 1.807) is 18.6 Å². The quantitative estimate of drug-likeness (QED) is 0.443. The molecule has 0 spiro atoms. The third-order valence-electron chi connectivity index (χ3n) is 6.36. The van der Waals surface area contributed by atoms with Crippen molar-refractivity contribution in [1.82, 2.24) is 19.9 Å². The first-order chi connectivity index (χ1) is 15.5. The zero-order chi connectivity index (χ0) is 22.0. The minimum absolute atomic E-state index is 0.0472. The molecule has 0 N–H and O–H groups in total. The van der Waals surface area contributed by atoms with Crippen LogP contribution in [0.3, 0.4) is 0 Å². The van der Waals surface area contributed by atoms with Gasteiger partial charge in [-0.3, -0.25) is 9.91 Å². The Balaban J connectivity index is 1.52. The van der Waals surface area contributed by atoms with Crippen LogP contribution in [0.2, 0.25) is 6.82 Å². The van der Waals surface area contributed by atoms with Gasteiger partial charge in [0, 0.05) is 40.9 Å². The predicted molar refractivity (Wildman–Crippen MR) is 128 cm³/mol. The van der Waals surface area contributed by atoms with Gasteiger partial charge < -0.3 is 9.34 Å². The second-order valence-electron chi connectivity index (χ2n) is 8.72. The zero-order valence-corrected chi connectivity index (χ0v) is 18.5. The Bertz CT molecular complexity index is 1370. The Morgan fingerprint density at radius 1 is 0.906 bits per heavy atom. The molecule has 0 unspecified atom stereocenters. The summed E-state index contributed by atoms with van der Waals surface area (Å²) in [5.74, 6) is 1.65. The highest BCUT2D eigenvalue weighted by Crippen LogP contribution is 2.48. The number of nitrogens with zero attached hydrogens (tertiary/aromatic N) is 6. The van der Waals surface area contributed by atoms with Crippen LogP contribution >= 0.6 is 0 Å². The zero-order valence-electron chi connectivity index (χ0n) is 18.5. The fraction of sp³-hybridized carbons (Fsp3) is 0.208. The lowest BCUT2D eigenvalue weighted by atomic mass is 9.58. The number of para-hydroxylation sites is 1. The number of fused-ring (bicyclic) bond motifs is 4. The number of hydrazine groups is 1. The first-order valence-corrected chi connectivity index (χ1v) is 10.8. The summed E-state index contributed by atoms with van der Waals surface area (Å²) >= 11 is 0. The maximum atomic E-state index is 6.23. The van der Waals surface area contributed by atoms with Crippen molar-refractivity contribution >= 4 is 47.0 Å². The molecule has 8 heteroatoms. The molecule has 2 aliphatic heterocycles. The molecule has 0 amide bonds. The van der Waals surface area contributed by atoms with E-state index in [4.69, 9.17) is 14.4 Å². The molecular formula is C24H23BN6O. The number of furan rings is 1. The van der Waals surface area contributed by atoms with E-state index in [0.29, 0.717) is 5.71 Å². The van der Waals surface area contributed by atoms with Gasteiger partial charge in [-0.2, -0.15) is 0 Å². The minimum atomic E-state index is -0.462. The maximum Gasteiger partial charge on any atom is 0.353 e. The first-order valence-electron chi connectivity index (χ1n) is 10.8. The number of aromatic nitrogens is 3. The van der Waals surface area contributed by atoms with E-state index >= 15 is 0 Å². The van der Waals surface area contributed by atoms with Crippen molar-refractivity contribution in [2.45, 2.75) is 33.3 Å². The molecule has 0 fully saturated rings. The average Bonchev–Trinajstić information content (AvgIpc) is 3.27. The van der Waals surface area contributed by atoms with Crippen molar-refractivity contribution < 1.29 is 4.42 Å². The van der Waals surface area contributed by atoms with E-state index in [1.165, 1.54) is 0 Å². The van der Waals surface area contributed by atoms with Gasteiger partial charge in [0.15, 0.2) is 11.6 Å². The molecule has 2 aliphatic rings. The van der Waals surface area contributed by atoms with Crippen molar-refractivity contribution in [2.24, 2.45) is 0 Å². The Morgan fingerprint density at radius 2 is 1.66 bits per heavy atom. The number of hydrogen-bond donors (Lipinski definition) is 0. The average molecular weight is 422 g/mol. The van der Waals surface area contributed by atoms with Crippen LogP contribution in [0.5, 0.6) is 0 Å². The Morgan fingerprint density at radius 3 is 2.44 bits per heavy atom. The van der Waals surface area contributed by atoms with Gasteiger partial charge in [-0.25, -0.2) is 15.0 Å². The molecule has 0 aliphatic carbocycles. The molecular weight excluding hydrogens is 399 g/mol. The smallest absolute Gasteiger partial charge is 0.353 e. The lowest BCUT2D eigenvalue weighted by Crippen LogP contribution is -2.64.